The van der Waals surface area contributed by atoms with Crippen molar-refractivity contribution < 1.29 is 9.90 Å². The molecule has 0 saturated heterocycles. The lowest BCUT2D eigenvalue weighted by Crippen LogP contribution is -2.12. The van der Waals surface area contributed by atoms with Crippen molar-refractivity contribution in [2.24, 2.45) is 0 Å². The van der Waals surface area contributed by atoms with Crippen LogP contribution < -0.4 is 0 Å². The fourth-order valence-corrected chi connectivity index (χ4v) is 3.46. The van der Waals surface area contributed by atoms with Gasteiger partial charge in [-0.25, -0.2) is 0 Å². The summed E-state index contributed by atoms with van der Waals surface area (Å²) in [6.45, 7) is 0. The molecule has 4 heteroatoms. The zero-order chi connectivity index (χ0) is 15.0. The third kappa shape index (κ3) is 2.78. The van der Waals surface area contributed by atoms with Gasteiger partial charge in [0.2, 0.25) is 0 Å². The fraction of sp³-hybridized carbons (Fsp3) is 0.235. The maximum Gasteiger partial charge on any atom is 0.170 e. The molecular formula is C17H14Cl2O2. The summed E-state index contributed by atoms with van der Waals surface area (Å²) in [5.74, 6) is 0.0109. The molecule has 0 saturated carbocycles. The number of phenolic OH excluding ortho intramolecular Hbond substituents is 1. The summed E-state index contributed by atoms with van der Waals surface area (Å²) in [4.78, 5) is 12.8. The Hall–Kier alpha value is -1.51. The van der Waals surface area contributed by atoms with Crippen LogP contribution in [0.1, 0.15) is 40.2 Å². The van der Waals surface area contributed by atoms with Crippen LogP contribution in [0.2, 0.25) is 10.0 Å². The summed E-state index contributed by atoms with van der Waals surface area (Å²) in [7, 11) is 0. The molecule has 0 aliphatic heterocycles. The van der Waals surface area contributed by atoms with Gasteiger partial charge in [-0.3, -0.25) is 4.79 Å². The van der Waals surface area contributed by atoms with Crippen LogP contribution >= 0.6 is 23.2 Å². The molecule has 0 spiro atoms. The van der Waals surface area contributed by atoms with E-state index in [0.717, 1.165) is 30.4 Å². The molecule has 21 heavy (non-hydrogen) atoms. The van der Waals surface area contributed by atoms with Gasteiger partial charge in [0, 0.05) is 21.5 Å². The number of aryl methyl sites for hydroxylation is 1. The molecule has 0 amide bonds. The Kier molecular flexibility index (Phi) is 3.92. The van der Waals surface area contributed by atoms with Crippen molar-refractivity contribution in [3.63, 3.8) is 0 Å². The van der Waals surface area contributed by atoms with Crippen LogP contribution in [0.15, 0.2) is 36.4 Å². The number of rotatable bonds is 1. The smallest absolute Gasteiger partial charge is 0.170 e. The monoisotopic (exact) mass is 320 g/mol. The summed E-state index contributed by atoms with van der Waals surface area (Å²) in [6, 6.07) is 10.2. The van der Waals surface area contributed by atoms with E-state index in [9.17, 15) is 9.90 Å². The summed E-state index contributed by atoms with van der Waals surface area (Å²) in [5.41, 5.74) is 2.42. The first-order valence-corrected chi connectivity index (χ1v) is 7.63. The Morgan fingerprint density at radius 1 is 1.10 bits per heavy atom. The first-order chi connectivity index (χ1) is 10.1. The summed E-state index contributed by atoms with van der Waals surface area (Å²) in [5, 5.41) is 10.7. The van der Waals surface area contributed by atoms with E-state index in [1.807, 2.05) is 6.07 Å². The topological polar surface area (TPSA) is 37.3 Å². The van der Waals surface area contributed by atoms with E-state index in [4.69, 9.17) is 23.2 Å². The number of hydrogen-bond acceptors (Lipinski definition) is 2. The number of phenols is 1. The van der Waals surface area contributed by atoms with E-state index >= 15 is 0 Å². The van der Waals surface area contributed by atoms with Gasteiger partial charge in [-0.1, -0.05) is 29.3 Å². The number of fused-ring (bicyclic) bond motifs is 1. The fourth-order valence-electron chi connectivity index (χ4n) is 2.92. The summed E-state index contributed by atoms with van der Waals surface area (Å²) >= 11 is 12.2. The summed E-state index contributed by atoms with van der Waals surface area (Å²) < 4.78 is 0. The van der Waals surface area contributed by atoms with Gasteiger partial charge in [0.25, 0.3) is 0 Å². The maximum absolute atomic E-state index is 12.8. The molecule has 1 aliphatic carbocycles. The Bertz CT molecular complexity index is 710. The SMILES string of the molecule is O=C1c2ccc(O)cc2CCCC1c1ccc(Cl)cc1Cl. The minimum Gasteiger partial charge on any atom is -0.508 e. The van der Waals surface area contributed by atoms with Crippen LogP contribution in [0.25, 0.3) is 0 Å². The predicted molar refractivity (Wildman–Crippen MR) is 84.6 cm³/mol. The molecule has 1 unspecified atom stereocenters. The van der Waals surface area contributed by atoms with Crippen molar-refractivity contribution in [1.82, 2.24) is 0 Å². The van der Waals surface area contributed by atoms with Crippen molar-refractivity contribution in [3.05, 3.63) is 63.1 Å². The standard InChI is InChI=1S/C17H14Cl2O2/c18-11-4-6-14(16(19)9-11)15-3-1-2-10-8-12(20)5-7-13(10)17(15)21/h4-9,15,20H,1-3H2. The minimum absolute atomic E-state index is 0.0618. The van der Waals surface area contributed by atoms with Gasteiger partial charge in [0.15, 0.2) is 5.78 Å². The van der Waals surface area contributed by atoms with Gasteiger partial charge in [-0.05, 0) is 60.7 Å². The van der Waals surface area contributed by atoms with Crippen molar-refractivity contribution in [2.75, 3.05) is 0 Å². The second kappa shape index (κ2) is 5.70. The van der Waals surface area contributed by atoms with Gasteiger partial charge in [0.1, 0.15) is 5.75 Å². The molecule has 3 rings (SSSR count). The number of aromatic hydroxyl groups is 1. The highest BCUT2D eigenvalue weighted by atomic mass is 35.5. The van der Waals surface area contributed by atoms with Gasteiger partial charge in [-0.15, -0.1) is 0 Å². The van der Waals surface area contributed by atoms with Crippen molar-refractivity contribution >= 4 is 29.0 Å². The van der Waals surface area contributed by atoms with E-state index in [0.29, 0.717) is 15.6 Å². The summed E-state index contributed by atoms with van der Waals surface area (Å²) in [6.07, 6.45) is 2.42. The number of carbonyl (C=O) groups is 1. The van der Waals surface area contributed by atoms with Crippen LogP contribution in [-0.4, -0.2) is 10.9 Å². The number of benzene rings is 2. The lowest BCUT2D eigenvalue weighted by Gasteiger charge is -2.16. The average Bonchev–Trinajstić information content (AvgIpc) is 2.58. The highest BCUT2D eigenvalue weighted by Gasteiger charge is 2.28. The van der Waals surface area contributed by atoms with Crippen LogP contribution in [-0.2, 0) is 6.42 Å². The molecule has 0 bridgehead atoms. The molecular weight excluding hydrogens is 307 g/mol. The number of hydrogen-bond donors (Lipinski definition) is 1. The van der Waals surface area contributed by atoms with Gasteiger partial charge in [-0.2, -0.15) is 0 Å². The largest absolute Gasteiger partial charge is 0.508 e. The third-order valence-corrected chi connectivity index (χ3v) is 4.51. The normalized spacial score (nSPS) is 18.2. The van der Waals surface area contributed by atoms with Crippen molar-refractivity contribution in [2.45, 2.75) is 25.2 Å². The molecule has 0 fully saturated rings. The molecule has 2 aromatic carbocycles. The zero-order valence-corrected chi connectivity index (χ0v) is 12.8. The Labute approximate surface area is 133 Å². The van der Waals surface area contributed by atoms with Crippen molar-refractivity contribution in [3.8, 4) is 5.75 Å². The molecule has 2 aromatic rings. The Morgan fingerprint density at radius 3 is 2.67 bits per heavy atom. The predicted octanol–water partition coefficient (Wildman–Crippen LogP) is 5.00. The van der Waals surface area contributed by atoms with Gasteiger partial charge >= 0.3 is 0 Å². The molecule has 0 heterocycles. The van der Waals surface area contributed by atoms with Gasteiger partial charge < -0.3 is 5.11 Å². The van der Waals surface area contributed by atoms with Crippen LogP contribution in [0.4, 0.5) is 0 Å². The maximum atomic E-state index is 12.8. The van der Waals surface area contributed by atoms with E-state index in [-0.39, 0.29) is 17.5 Å². The van der Waals surface area contributed by atoms with Crippen LogP contribution in [0.3, 0.4) is 0 Å². The van der Waals surface area contributed by atoms with E-state index in [2.05, 4.69) is 0 Å². The number of carbonyl (C=O) groups excluding carboxylic acids is 1. The number of halogens is 2. The highest BCUT2D eigenvalue weighted by molar-refractivity contribution is 6.35. The molecule has 108 valence electrons. The third-order valence-electron chi connectivity index (χ3n) is 3.95. The molecule has 0 aromatic heterocycles. The second-order valence-corrected chi connectivity index (χ2v) is 6.16. The zero-order valence-electron chi connectivity index (χ0n) is 11.3. The number of ketones is 1. The van der Waals surface area contributed by atoms with Crippen LogP contribution in [0, 0.1) is 0 Å². The average molecular weight is 321 g/mol. The first kappa shape index (κ1) is 14.4. The Balaban J connectivity index is 2.05. The van der Waals surface area contributed by atoms with E-state index < -0.39 is 0 Å². The second-order valence-electron chi connectivity index (χ2n) is 5.32. The van der Waals surface area contributed by atoms with Crippen molar-refractivity contribution in [1.29, 1.82) is 0 Å². The molecule has 1 N–H and O–H groups in total. The van der Waals surface area contributed by atoms with Gasteiger partial charge in [0.05, 0.1) is 0 Å². The first-order valence-electron chi connectivity index (χ1n) is 6.87. The van der Waals surface area contributed by atoms with Crippen LogP contribution in [0.5, 0.6) is 5.75 Å². The molecule has 1 atom stereocenters. The lowest BCUT2D eigenvalue weighted by molar-refractivity contribution is 0.0957. The molecule has 2 nitrogen and oxygen atoms in total. The quantitative estimate of drug-likeness (QED) is 0.750. The number of Topliss-reactive ketones (excluding diaryl/α,β-unsaturated/α-hetero) is 1. The minimum atomic E-state index is -0.249. The van der Waals surface area contributed by atoms with E-state index in [1.165, 1.54) is 0 Å². The molecule has 0 radical (unpaired) electrons. The highest BCUT2D eigenvalue weighted by Crippen LogP contribution is 2.36. The van der Waals surface area contributed by atoms with E-state index in [1.54, 1.807) is 30.3 Å². The lowest BCUT2D eigenvalue weighted by atomic mass is 9.88. The molecule has 1 aliphatic rings. The Morgan fingerprint density at radius 2 is 1.90 bits per heavy atom.